The number of rotatable bonds is 2. The minimum absolute atomic E-state index is 0.188. The number of hydrogen-bond donors (Lipinski definition) is 1. The minimum Gasteiger partial charge on any atom is -0.344 e. The van der Waals surface area contributed by atoms with Crippen molar-refractivity contribution in [2.45, 2.75) is 19.8 Å². The molecule has 0 radical (unpaired) electrons. The van der Waals surface area contributed by atoms with Crippen LogP contribution in [0.3, 0.4) is 0 Å². The van der Waals surface area contributed by atoms with Crippen LogP contribution in [-0.4, -0.2) is 38.0 Å². The number of halogens is 1. The van der Waals surface area contributed by atoms with Crippen molar-refractivity contribution in [3.8, 4) is 5.69 Å². The lowest BCUT2D eigenvalue weighted by Gasteiger charge is -2.30. The molecule has 1 aliphatic heterocycles. The summed E-state index contributed by atoms with van der Waals surface area (Å²) in [6, 6.07) is 5.09. The van der Waals surface area contributed by atoms with Crippen LogP contribution in [0.1, 0.15) is 30.1 Å². The number of carbonyl (C=O) groups is 1. The standard InChI is InChI=1S/C20H21FN4O3/c1-12-4-3-9-24(10-12)18(26)15-11-23(2)17-16(15)22-20(28)25(19(17)27)14-7-5-13(21)6-8-14/h5-8,11-12H,3-4,9-10H2,1-2H3,(H,22,28). The van der Waals surface area contributed by atoms with Crippen LogP contribution in [0.5, 0.6) is 0 Å². The van der Waals surface area contributed by atoms with Gasteiger partial charge in [-0.2, -0.15) is 0 Å². The van der Waals surface area contributed by atoms with Crippen molar-refractivity contribution in [2.75, 3.05) is 13.1 Å². The number of aryl methyl sites for hydroxylation is 1. The van der Waals surface area contributed by atoms with E-state index in [0.29, 0.717) is 24.6 Å². The first-order valence-electron chi connectivity index (χ1n) is 9.26. The van der Waals surface area contributed by atoms with Gasteiger partial charge in [0.2, 0.25) is 0 Å². The monoisotopic (exact) mass is 384 g/mol. The summed E-state index contributed by atoms with van der Waals surface area (Å²) in [5.41, 5.74) is -0.202. The van der Waals surface area contributed by atoms with Gasteiger partial charge < -0.3 is 14.5 Å². The summed E-state index contributed by atoms with van der Waals surface area (Å²) in [4.78, 5) is 43.1. The molecule has 0 bridgehead atoms. The van der Waals surface area contributed by atoms with E-state index < -0.39 is 17.1 Å². The molecule has 1 aliphatic rings. The Morgan fingerprint density at radius 3 is 2.61 bits per heavy atom. The zero-order chi connectivity index (χ0) is 20.0. The Balaban J connectivity index is 1.86. The summed E-state index contributed by atoms with van der Waals surface area (Å²) in [6.45, 7) is 3.42. The molecule has 0 saturated carbocycles. The quantitative estimate of drug-likeness (QED) is 0.734. The molecule has 3 aromatic rings. The number of H-pyrrole nitrogens is 1. The van der Waals surface area contributed by atoms with E-state index in [4.69, 9.17) is 0 Å². The van der Waals surface area contributed by atoms with E-state index >= 15 is 0 Å². The molecule has 2 aromatic heterocycles. The van der Waals surface area contributed by atoms with Crippen molar-refractivity contribution in [1.29, 1.82) is 0 Å². The fourth-order valence-corrected chi connectivity index (χ4v) is 3.90. The molecule has 0 aliphatic carbocycles. The second-order valence-corrected chi connectivity index (χ2v) is 7.42. The third-order valence-electron chi connectivity index (χ3n) is 5.28. The normalized spacial score (nSPS) is 17.2. The SMILES string of the molecule is CC1CCCN(C(=O)c2cn(C)c3c(=O)n(-c4ccc(F)cc4)c(=O)[nH]c23)C1. The third-order valence-corrected chi connectivity index (χ3v) is 5.28. The molecule has 146 valence electrons. The Labute approximate surface area is 160 Å². The molecule has 1 saturated heterocycles. The van der Waals surface area contributed by atoms with Gasteiger partial charge in [-0.25, -0.2) is 13.8 Å². The van der Waals surface area contributed by atoms with Gasteiger partial charge in [0.25, 0.3) is 11.5 Å². The molecule has 1 amide bonds. The second kappa shape index (κ2) is 6.78. The number of nitrogens with one attached hydrogen (secondary N) is 1. The highest BCUT2D eigenvalue weighted by Gasteiger charge is 2.26. The maximum atomic E-state index is 13.2. The van der Waals surface area contributed by atoms with E-state index in [9.17, 15) is 18.8 Å². The molecule has 1 atom stereocenters. The van der Waals surface area contributed by atoms with Crippen LogP contribution < -0.4 is 11.2 Å². The van der Waals surface area contributed by atoms with E-state index in [1.54, 1.807) is 22.7 Å². The van der Waals surface area contributed by atoms with Gasteiger partial charge in [0.1, 0.15) is 11.3 Å². The number of benzene rings is 1. The number of likely N-dealkylation sites (tertiary alicyclic amines) is 1. The van der Waals surface area contributed by atoms with Crippen LogP contribution >= 0.6 is 0 Å². The Morgan fingerprint density at radius 2 is 1.93 bits per heavy atom. The predicted octanol–water partition coefficient (Wildman–Crippen LogP) is 2.03. The van der Waals surface area contributed by atoms with Gasteiger partial charge in [0.15, 0.2) is 0 Å². The van der Waals surface area contributed by atoms with E-state index in [-0.39, 0.29) is 22.6 Å². The summed E-state index contributed by atoms with van der Waals surface area (Å²) >= 11 is 0. The van der Waals surface area contributed by atoms with Crippen LogP contribution in [0.15, 0.2) is 40.1 Å². The van der Waals surface area contributed by atoms with E-state index in [1.165, 1.54) is 24.3 Å². The fourth-order valence-electron chi connectivity index (χ4n) is 3.90. The summed E-state index contributed by atoms with van der Waals surface area (Å²) in [5.74, 6) is -0.231. The Kier molecular flexibility index (Phi) is 4.41. The molecular formula is C20H21FN4O3. The number of amides is 1. The van der Waals surface area contributed by atoms with Crippen LogP contribution in [0.2, 0.25) is 0 Å². The number of nitrogens with zero attached hydrogens (tertiary/aromatic N) is 3. The second-order valence-electron chi connectivity index (χ2n) is 7.42. The van der Waals surface area contributed by atoms with Gasteiger partial charge in [-0.1, -0.05) is 6.92 Å². The van der Waals surface area contributed by atoms with E-state index in [1.807, 2.05) is 0 Å². The molecule has 1 unspecified atom stereocenters. The summed E-state index contributed by atoms with van der Waals surface area (Å²) in [5, 5.41) is 0. The minimum atomic E-state index is -0.670. The fraction of sp³-hybridized carbons (Fsp3) is 0.350. The first-order valence-corrected chi connectivity index (χ1v) is 9.26. The van der Waals surface area contributed by atoms with Crippen molar-refractivity contribution >= 4 is 16.9 Å². The topological polar surface area (TPSA) is 80.1 Å². The van der Waals surface area contributed by atoms with Crippen molar-refractivity contribution in [1.82, 2.24) is 19.0 Å². The van der Waals surface area contributed by atoms with E-state index in [2.05, 4.69) is 11.9 Å². The Bertz CT molecular complexity index is 1170. The lowest BCUT2D eigenvalue weighted by molar-refractivity contribution is 0.0684. The molecule has 4 rings (SSSR count). The summed E-state index contributed by atoms with van der Waals surface area (Å²) in [6.07, 6.45) is 3.60. The van der Waals surface area contributed by atoms with Crippen molar-refractivity contribution in [2.24, 2.45) is 13.0 Å². The van der Waals surface area contributed by atoms with Gasteiger partial charge in [-0.3, -0.25) is 9.59 Å². The Hall–Kier alpha value is -3.16. The highest BCUT2D eigenvalue weighted by Crippen LogP contribution is 2.21. The third kappa shape index (κ3) is 2.94. The van der Waals surface area contributed by atoms with Gasteiger partial charge in [-0.15, -0.1) is 0 Å². The molecule has 7 nitrogen and oxygen atoms in total. The maximum Gasteiger partial charge on any atom is 0.333 e. The number of piperidine rings is 1. The first kappa shape index (κ1) is 18.2. The summed E-state index contributed by atoms with van der Waals surface area (Å²) < 4.78 is 15.7. The first-order chi connectivity index (χ1) is 13.4. The molecule has 1 aromatic carbocycles. The van der Waals surface area contributed by atoms with Crippen molar-refractivity contribution in [3.63, 3.8) is 0 Å². The van der Waals surface area contributed by atoms with Crippen molar-refractivity contribution < 1.29 is 9.18 Å². The van der Waals surface area contributed by atoms with Crippen LogP contribution in [0.4, 0.5) is 4.39 Å². The largest absolute Gasteiger partial charge is 0.344 e. The molecular weight excluding hydrogens is 363 g/mol. The molecule has 28 heavy (non-hydrogen) atoms. The van der Waals surface area contributed by atoms with Crippen LogP contribution in [0, 0.1) is 11.7 Å². The Morgan fingerprint density at radius 1 is 1.21 bits per heavy atom. The number of aromatic nitrogens is 3. The molecule has 1 N–H and O–H groups in total. The summed E-state index contributed by atoms with van der Waals surface area (Å²) in [7, 11) is 1.66. The van der Waals surface area contributed by atoms with Crippen LogP contribution in [0.25, 0.3) is 16.7 Å². The zero-order valence-corrected chi connectivity index (χ0v) is 15.7. The van der Waals surface area contributed by atoms with Gasteiger partial charge >= 0.3 is 5.69 Å². The van der Waals surface area contributed by atoms with Gasteiger partial charge in [0, 0.05) is 26.3 Å². The smallest absolute Gasteiger partial charge is 0.333 e. The van der Waals surface area contributed by atoms with Gasteiger partial charge in [0.05, 0.1) is 16.8 Å². The average Bonchev–Trinajstić information content (AvgIpc) is 2.99. The number of aromatic amines is 1. The maximum absolute atomic E-state index is 13.2. The lowest BCUT2D eigenvalue weighted by Crippen LogP contribution is -2.39. The highest BCUT2D eigenvalue weighted by atomic mass is 19.1. The number of carbonyl (C=O) groups excluding carboxylic acids is 1. The van der Waals surface area contributed by atoms with E-state index in [0.717, 1.165) is 17.4 Å². The highest BCUT2D eigenvalue weighted by molar-refractivity contribution is 6.05. The number of hydrogen-bond acceptors (Lipinski definition) is 3. The molecule has 3 heterocycles. The zero-order valence-electron chi connectivity index (χ0n) is 15.7. The molecule has 0 spiro atoms. The number of fused-ring (bicyclic) bond motifs is 1. The molecule has 1 fully saturated rings. The lowest BCUT2D eigenvalue weighted by atomic mass is 10.00. The molecule has 8 heteroatoms. The van der Waals surface area contributed by atoms with Gasteiger partial charge in [-0.05, 0) is 43.0 Å². The van der Waals surface area contributed by atoms with Crippen molar-refractivity contribution in [3.05, 3.63) is 62.7 Å². The average molecular weight is 384 g/mol. The van der Waals surface area contributed by atoms with Crippen LogP contribution in [-0.2, 0) is 7.05 Å². The predicted molar refractivity (Wildman–Crippen MR) is 103 cm³/mol.